The molecule has 1 unspecified atom stereocenters. The molecule has 2 rings (SSSR count). The molecule has 1 atom stereocenters. The molecule has 1 aliphatic heterocycles. The van der Waals surface area contributed by atoms with Crippen molar-refractivity contribution in [2.75, 3.05) is 0 Å². The van der Waals surface area contributed by atoms with Crippen LogP contribution in [0.3, 0.4) is 0 Å². The maximum Gasteiger partial charge on any atom is 0.235 e. The Balaban J connectivity index is 2.35. The first kappa shape index (κ1) is 12.2. The Morgan fingerprint density at radius 1 is 1.47 bits per heavy atom. The Labute approximate surface area is 106 Å². The summed E-state index contributed by atoms with van der Waals surface area (Å²) in [7, 11) is 0. The van der Waals surface area contributed by atoms with Crippen molar-refractivity contribution in [3.05, 3.63) is 29.3 Å². The fourth-order valence-corrected chi connectivity index (χ4v) is 2.32. The third-order valence-electron chi connectivity index (χ3n) is 2.69. The maximum atomic E-state index is 13.1. The highest BCUT2D eigenvalue weighted by atomic mass is 79.9. The average Bonchev–Trinajstić information content (AvgIpc) is 2.29. The van der Waals surface area contributed by atoms with Gasteiger partial charge in [0.25, 0.3) is 0 Å². The standard InChI is InChI=1S/C11H10BrFN2O2/c12-5-6-1-3-8(13)14-10(6)7-2-4-9(16)15-11(7)17/h1,3,7H,2,4-5H2,(H,15,16,17). The van der Waals surface area contributed by atoms with E-state index >= 15 is 0 Å². The van der Waals surface area contributed by atoms with Crippen molar-refractivity contribution < 1.29 is 14.0 Å². The number of amides is 2. The molecule has 1 aliphatic rings. The van der Waals surface area contributed by atoms with Gasteiger partial charge < -0.3 is 0 Å². The zero-order valence-corrected chi connectivity index (χ0v) is 10.5. The summed E-state index contributed by atoms with van der Waals surface area (Å²) in [4.78, 5) is 26.5. The van der Waals surface area contributed by atoms with Gasteiger partial charge in [-0.15, -0.1) is 0 Å². The van der Waals surface area contributed by atoms with Gasteiger partial charge in [0.05, 0.1) is 11.6 Å². The Morgan fingerprint density at radius 3 is 2.88 bits per heavy atom. The second kappa shape index (κ2) is 4.91. The number of halogens is 2. The molecule has 17 heavy (non-hydrogen) atoms. The smallest absolute Gasteiger partial charge is 0.235 e. The molecule has 2 amide bonds. The topological polar surface area (TPSA) is 59.1 Å². The van der Waals surface area contributed by atoms with E-state index in [0.29, 0.717) is 17.4 Å². The number of imide groups is 1. The van der Waals surface area contributed by atoms with E-state index in [-0.39, 0.29) is 12.3 Å². The second-order valence-corrected chi connectivity index (χ2v) is 4.38. The van der Waals surface area contributed by atoms with Crippen LogP contribution >= 0.6 is 15.9 Å². The summed E-state index contributed by atoms with van der Waals surface area (Å²) in [5.41, 5.74) is 1.17. The number of hydrogen-bond acceptors (Lipinski definition) is 3. The number of pyridine rings is 1. The fraction of sp³-hybridized carbons (Fsp3) is 0.364. The van der Waals surface area contributed by atoms with E-state index in [2.05, 4.69) is 26.2 Å². The van der Waals surface area contributed by atoms with Gasteiger partial charge in [-0.2, -0.15) is 4.39 Å². The maximum absolute atomic E-state index is 13.1. The van der Waals surface area contributed by atoms with Crippen LogP contribution in [0.1, 0.15) is 30.0 Å². The van der Waals surface area contributed by atoms with Crippen LogP contribution in [0, 0.1) is 5.95 Å². The normalized spacial score (nSPS) is 20.2. The molecular weight excluding hydrogens is 291 g/mol. The van der Waals surface area contributed by atoms with Crippen LogP contribution in [0.5, 0.6) is 0 Å². The van der Waals surface area contributed by atoms with Crippen molar-refractivity contribution in [1.29, 1.82) is 0 Å². The highest BCUT2D eigenvalue weighted by molar-refractivity contribution is 9.08. The van der Waals surface area contributed by atoms with Gasteiger partial charge in [0.1, 0.15) is 0 Å². The molecule has 1 aromatic rings. The van der Waals surface area contributed by atoms with Gasteiger partial charge in [-0.3, -0.25) is 14.9 Å². The van der Waals surface area contributed by atoms with E-state index in [4.69, 9.17) is 0 Å². The van der Waals surface area contributed by atoms with Crippen molar-refractivity contribution in [3.63, 3.8) is 0 Å². The lowest BCUT2D eigenvalue weighted by Gasteiger charge is -2.21. The summed E-state index contributed by atoms with van der Waals surface area (Å²) >= 11 is 3.27. The lowest BCUT2D eigenvalue weighted by Crippen LogP contribution is -2.40. The third-order valence-corrected chi connectivity index (χ3v) is 3.30. The zero-order chi connectivity index (χ0) is 12.4. The SMILES string of the molecule is O=C1CCC(c2nc(F)ccc2CBr)C(=O)N1. The van der Waals surface area contributed by atoms with E-state index in [0.717, 1.165) is 5.56 Å². The van der Waals surface area contributed by atoms with Crippen LogP contribution in [-0.4, -0.2) is 16.8 Å². The molecule has 6 heteroatoms. The molecule has 4 nitrogen and oxygen atoms in total. The molecule has 0 saturated carbocycles. The number of nitrogens with zero attached hydrogens (tertiary/aromatic N) is 1. The Bertz CT molecular complexity index is 479. The fourth-order valence-electron chi connectivity index (χ4n) is 1.85. The molecule has 0 aliphatic carbocycles. The Hall–Kier alpha value is -1.30. The molecule has 1 aromatic heterocycles. The molecule has 90 valence electrons. The molecule has 2 heterocycles. The molecule has 1 fully saturated rings. The number of carbonyl (C=O) groups excluding carboxylic acids is 2. The van der Waals surface area contributed by atoms with Crippen LogP contribution in [0.25, 0.3) is 0 Å². The number of nitrogens with one attached hydrogen (secondary N) is 1. The number of carbonyl (C=O) groups is 2. The van der Waals surface area contributed by atoms with Crippen LogP contribution in [0.2, 0.25) is 0 Å². The number of alkyl halides is 1. The van der Waals surface area contributed by atoms with E-state index < -0.39 is 17.8 Å². The van der Waals surface area contributed by atoms with Gasteiger partial charge in [0.2, 0.25) is 17.8 Å². The largest absolute Gasteiger partial charge is 0.296 e. The average molecular weight is 301 g/mol. The minimum absolute atomic E-state index is 0.260. The van der Waals surface area contributed by atoms with Crippen LogP contribution in [0.4, 0.5) is 4.39 Å². The molecule has 0 bridgehead atoms. The van der Waals surface area contributed by atoms with Gasteiger partial charge in [0.15, 0.2) is 0 Å². The summed E-state index contributed by atoms with van der Waals surface area (Å²) in [6, 6.07) is 2.85. The van der Waals surface area contributed by atoms with Crippen molar-refractivity contribution in [2.24, 2.45) is 0 Å². The lowest BCUT2D eigenvalue weighted by molar-refractivity contribution is -0.134. The molecular formula is C11H10BrFN2O2. The lowest BCUT2D eigenvalue weighted by atomic mass is 9.92. The molecule has 1 N–H and O–H groups in total. The molecule has 0 aromatic carbocycles. The van der Waals surface area contributed by atoms with Gasteiger partial charge >= 0.3 is 0 Å². The zero-order valence-electron chi connectivity index (χ0n) is 8.87. The van der Waals surface area contributed by atoms with E-state index in [1.165, 1.54) is 6.07 Å². The van der Waals surface area contributed by atoms with Crippen LogP contribution < -0.4 is 5.32 Å². The predicted octanol–water partition coefficient (Wildman–Crippen LogP) is 1.64. The summed E-state index contributed by atoms with van der Waals surface area (Å²) in [6.45, 7) is 0. The van der Waals surface area contributed by atoms with Gasteiger partial charge in [-0.25, -0.2) is 4.98 Å². The summed E-state index contributed by atoms with van der Waals surface area (Å²) in [5, 5.41) is 2.74. The number of rotatable bonds is 2. The van der Waals surface area contributed by atoms with Crippen LogP contribution in [-0.2, 0) is 14.9 Å². The first-order chi connectivity index (χ1) is 8.11. The summed E-state index contributed by atoms with van der Waals surface area (Å²) in [5.74, 6) is -1.85. The predicted molar refractivity (Wildman–Crippen MR) is 62.0 cm³/mol. The van der Waals surface area contributed by atoms with Gasteiger partial charge in [-0.05, 0) is 18.1 Å². The van der Waals surface area contributed by atoms with E-state index in [1.54, 1.807) is 6.07 Å². The van der Waals surface area contributed by atoms with Crippen LogP contribution in [0.15, 0.2) is 12.1 Å². The number of hydrogen-bond donors (Lipinski definition) is 1. The molecule has 0 spiro atoms. The van der Waals surface area contributed by atoms with Gasteiger partial charge in [0, 0.05) is 11.8 Å². The Kier molecular flexibility index (Phi) is 3.51. The number of aromatic nitrogens is 1. The summed E-state index contributed by atoms with van der Waals surface area (Å²) in [6.07, 6.45) is 0.636. The van der Waals surface area contributed by atoms with Crippen molar-refractivity contribution in [2.45, 2.75) is 24.1 Å². The first-order valence-electron chi connectivity index (χ1n) is 5.17. The van der Waals surface area contributed by atoms with Crippen molar-refractivity contribution in [3.8, 4) is 0 Å². The minimum Gasteiger partial charge on any atom is -0.296 e. The minimum atomic E-state index is -0.616. The number of piperidine rings is 1. The third kappa shape index (κ3) is 2.52. The quantitative estimate of drug-likeness (QED) is 0.513. The monoisotopic (exact) mass is 300 g/mol. The second-order valence-electron chi connectivity index (χ2n) is 3.82. The van der Waals surface area contributed by atoms with E-state index in [1.807, 2.05) is 0 Å². The molecule has 0 radical (unpaired) electrons. The summed E-state index contributed by atoms with van der Waals surface area (Å²) < 4.78 is 13.1. The highest BCUT2D eigenvalue weighted by Gasteiger charge is 2.30. The first-order valence-corrected chi connectivity index (χ1v) is 6.29. The Morgan fingerprint density at radius 2 is 2.24 bits per heavy atom. The molecule has 1 saturated heterocycles. The van der Waals surface area contributed by atoms with Crippen molar-refractivity contribution >= 4 is 27.7 Å². The van der Waals surface area contributed by atoms with E-state index in [9.17, 15) is 14.0 Å². The van der Waals surface area contributed by atoms with Gasteiger partial charge in [-0.1, -0.05) is 22.0 Å². The van der Waals surface area contributed by atoms with Crippen molar-refractivity contribution in [1.82, 2.24) is 10.3 Å². The highest BCUT2D eigenvalue weighted by Crippen LogP contribution is 2.27.